The minimum atomic E-state index is -1.73. The molecule has 158 valence electrons. The topological polar surface area (TPSA) is 9.23 Å². The SMILES string of the molecule is CC(=CC(Br)O[SiH](c1ccccc1)c1ccccc1)CCCC(C)CC(C)(C)C. The standard InChI is InChI=1S/C26H37BrOSi/c1-21(13-12-14-22(2)20-26(3,4)5)19-25(27)28-29(23-15-8-6-9-16-23)24-17-10-7-11-18-24/h6-11,15-19,22,25,29H,12-14,20H2,1-5H3. The molecule has 0 saturated heterocycles. The molecule has 2 rings (SSSR count). The van der Waals surface area contributed by atoms with Crippen molar-refractivity contribution in [2.24, 2.45) is 11.3 Å². The van der Waals surface area contributed by atoms with Gasteiger partial charge in [0.2, 0.25) is 9.04 Å². The quantitative estimate of drug-likeness (QED) is 0.219. The first-order valence-corrected chi connectivity index (χ1v) is 13.4. The third kappa shape index (κ3) is 9.46. The van der Waals surface area contributed by atoms with Gasteiger partial charge in [0.25, 0.3) is 0 Å². The second kappa shape index (κ2) is 11.9. The van der Waals surface area contributed by atoms with E-state index in [4.69, 9.17) is 4.43 Å². The second-order valence-corrected chi connectivity index (χ2v) is 12.7. The zero-order valence-corrected chi connectivity index (χ0v) is 21.4. The number of halogens is 1. The van der Waals surface area contributed by atoms with Gasteiger partial charge in [-0.15, -0.1) is 0 Å². The summed E-state index contributed by atoms with van der Waals surface area (Å²) in [6.45, 7) is 11.6. The highest BCUT2D eigenvalue weighted by molar-refractivity contribution is 9.09. The number of alkyl halides is 1. The molecule has 0 N–H and O–H groups in total. The Kier molecular flexibility index (Phi) is 9.87. The highest BCUT2D eigenvalue weighted by atomic mass is 79.9. The molecule has 0 aliphatic carbocycles. The molecule has 2 aromatic carbocycles. The number of hydrogen-bond donors (Lipinski definition) is 0. The van der Waals surface area contributed by atoms with Gasteiger partial charge < -0.3 is 4.43 Å². The maximum absolute atomic E-state index is 6.57. The van der Waals surface area contributed by atoms with Crippen LogP contribution in [0.5, 0.6) is 0 Å². The molecule has 2 unspecified atom stereocenters. The maximum Gasteiger partial charge on any atom is 0.241 e. The third-order valence-electron chi connectivity index (χ3n) is 5.12. The van der Waals surface area contributed by atoms with E-state index in [0.717, 1.165) is 12.3 Å². The Hall–Kier alpha value is -1.16. The first kappa shape index (κ1) is 24.1. The molecule has 2 aromatic rings. The highest BCUT2D eigenvalue weighted by Crippen LogP contribution is 2.27. The van der Waals surface area contributed by atoms with Gasteiger partial charge in [-0.3, -0.25) is 0 Å². The molecule has 0 aliphatic rings. The molecule has 29 heavy (non-hydrogen) atoms. The molecular formula is C26H37BrOSi. The fraction of sp³-hybridized carbons (Fsp3) is 0.462. The number of benzene rings is 2. The van der Waals surface area contributed by atoms with Crippen LogP contribution in [0.15, 0.2) is 72.3 Å². The van der Waals surface area contributed by atoms with Crippen molar-refractivity contribution in [1.82, 2.24) is 0 Å². The smallest absolute Gasteiger partial charge is 0.241 e. The average Bonchev–Trinajstić information content (AvgIpc) is 2.66. The van der Waals surface area contributed by atoms with Crippen molar-refractivity contribution in [3.63, 3.8) is 0 Å². The van der Waals surface area contributed by atoms with Crippen LogP contribution in [0.25, 0.3) is 0 Å². The molecule has 0 aromatic heterocycles. The van der Waals surface area contributed by atoms with Crippen LogP contribution < -0.4 is 10.4 Å². The Morgan fingerprint density at radius 2 is 1.52 bits per heavy atom. The molecular weight excluding hydrogens is 436 g/mol. The Morgan fingerprint density at radius 1 is 1.00 bits per heavy atom. The lowest BCUT2D eigenvalue weighted by Gasteiger charge is -2.23. The lowest BCUT2D eigenvalue weighted by molar-refractivity contribution is 0.293. The van der Waals surface area contributed by atoms with Crippen molar-refractivity contribution in [2.45, 2.75) is 65.3 Å². The van der Waals surface area contributed by atoms with Crippen LogP contribution in [0.3, 0.4) is 0 Å². The predicted octanol–water partition coefficient (Wildman–Crippen LogP) is 6.45. The van der Waals surface area contributed by atoms with Crippen LogP contribution in [0.2, 0.25) is 0 Å². The van der Waals surface area contributed by atoms with E-state index < -0.39 is 9.04 Å². The first-order valence-electron chi connectivity index (χ1n) is 10.8. The average molecular weight is 474 g/mol. The largest absolute Gasteiger partial charge is 0.395 e. The van der Waals surface area contributed by atoms with Gasteiger partial charge in [-0.25, -0.2) is 0 Å². The van der Waals surface area contributed by atoms with Crippen LogP contribution in [-0.4, -0.2) is 14.1 Å². The summed E-state index contributed by atoms with van der Waals surface area (Å²) < 4.78 is 6.57. The summed E-state index contributed by atoms with van der Waals surface area (Å²) in [5.41, 5.74) is 1.83. The zero-order chi connectivity index (χ0) is 21.3. The molecule has 0 radical (unpaired) electrons. The predicted molar refractivity (Wildman–Crippen MR) is 134 cm³/mol. The van der Waals surface area contributed by atoms with Crippen molar-refractivity contribution < 1.29 is 4.43 Å². The summed E-state index contributed by atoms with van der Waals surface area (Å²) in [7, 11) is -1.73. The van der Waals surface area contributed by atoms with E-state index in [9.17, 15) is 0 Å². The Morgan fingerprint density at radius 3 is 2.00 bits per heavy atom. The van der Waals surface area contributed by atoms with E-state index in [-0.39, 0.29) is 5.01 Å². The second-order valence-electron chi connectivity index (χ2n) is 9.46. The summed E-state index contributed by atoms with van der Waals surface area (Å²) in [6, 6.07) is 21.3. The Labute approximate surface area is 188 Å². The van der Waals surface area contributed by atoms with Crippen molar-refractivity contribution in [3.8, 4) is 0 Å². The lowest BCUT2D eigenvalue weighted by atomic mass is 9.83. The van der Waals surface area contributed by atoms with Crippen LogP contribution in [0, 0.1) is 11.3 Å². The first-order chi connectivity index (χ1) is 13.7. The molecule has 0 amide bonds. The molecule has 2 atom stereocenters. The number of allylic oxidation sites excluding steroid dienone is 1. The molecule has 1 nitrogen and oxygen atoms in total. The van der Waals surface area contributed by atoms with Crippen molar-refractivity contribution in [1.29, 1.82) is 0 Å². The monoisotopic (exact) mass is 472 g/mol. The molecule has 3 heteroatoms. The Balaban J connectivity index is 1.94. The molecule has 0 saturated carbocycles. The summed E-state index contributed by atoms with van der Waals surface area (Å²) >= 11 is 3.77. The summed E-state index contributed by atoms with van der Waals surface area (Å²) in [6.07, 6.45) is 7.23. The summed E-state index contributed by atoms with van der Waals surface area (Å²) in [5.74, 6) is 0.784. The highest BCUT2D eigenvalue weighted by Gasteiger charge is 2.20. The van der Waals surface area contributed by atoms with Crippen LogP contribution in [0.4, 0.5) is 0 Å². The van der Waals surface area contributed by atoms with Crippen molar-refractivity contribution in [2.75, 3.05) is 0 Å². The van der Waals surface area contributed by atoms with E-state index in [1.807, 2.05) is 0 Å². The van der Waals surface area contributed by atoms with Crippen LogP contribution >= 0.6 is 15.9 Å². The lowest BCUT2D eigenvalue weighted by Crippen LogP contribution is -2.46. The number of rotatable bonds is 10. The fourth-order valence-corrected chi connectivity index (χ4v) is 7.24. The van der Waals surface area contributed by atoms with E-state index in [1.54, 1.807) is 0 Å². The van der Waals surface area contributed by atoms with Gasteiger partial charge in [-0.1, -0.05) is 116 Å². The van der Waals surface area contributed by atoms with E-state index >= 15 is 0 Å². The minimum absolute atomic E-state index is 0.0495. The third-order valence-corrected chi connectivity index (χ3v) is 8.54. The normalized spacial score (nSPS) is 14.8. The van der Waals surface area contributed by atoms with Gasteiger partial charge in [0, 0.05) is 0 Å². The summed E-state index contributed by atoms with van der Waals surface area (Å²) in [4.78, 5) is 0. The number of hydrogen-bond acceptors (Lipinski definition) is 1. The van der Waals surface area contributed by atoms with E-state index in [0.29, 0.717) is 5.41 Å². The zero-order valence-electron chi connectivity index (χ0n) is 18.7. The molecule has 0 spiro atoms. The van der Waals surface area contributed by atoms with Gasteiger partial charge in [-0.2, -0.15) is 0 Å². The fourth-order valence-electron chi connectivity index (χ4n) is 3.96. The van der Waals surface area contributed by atoms with Gasteiger partial charge in [0.1, 0.15) is 5.01 Å². The van der Waals surface area contributed by atoms with Crippen molar-refractivity contribution in [3.05, 3.63) is 72.3 Å². The van der Waals surface area contributed by atoms with Gasteiger partial charge >= 0.3 is 0 Å². The molecule has 0 fully saturated rings. The molecule has 0 aliphatic heterocycles. The van der Waals surface area contributed by atoms with E-state index in [1.165, 1.54) is 35.2 Å². The summed E-state index contributed by atoms with van der Waals surface area (Å²) in [5, 5.41) is 2.57. The Bertz CT molecular complexity index is 697. The van der Waals surface area contributed by atoms with Crippen LogP contribution in [0.1, 0.15) is 60.3 Å². The van der Waals surface area contributed by atoms with Gasteiger partial charge in [0.15, 0.2) is 0 Å². The molecule has 0 heterocycles. The van der Waals surface area contributed by atoms with Crippen LogP contribution in [-0.2, 0) is 4.43 Å². The van der Waals surface area contributed by atoms with E-state index in [2.05, 4.69) is 117 Å². The minimum Gasteiger partial charge on any atom is -0.395 e. The van der Waals surface area contributed by atoms with Gasteiger partial charge in [0.05, 0.1) is 0 Å². The molecule has 0 bridgehead atoms. The van der Waals surface area contributed by atoms with Gasteiger partial charge in [-0.05, 0) is 54.0 Å². The maximum atomic E-state index is 6.57. The van der Waals surface area contributed by atoms with Crippen molar-refractivity contribution >= 4 is 35.3 Å².